The van der Waals surface area contributed by atoms with Gasteiger partial charge in [0.05, 0.1) is 25.0 Å². The monoisotopic (exact) mass is 619 g/mol. The molecule has 2 unspecified atom stereocenters. The van der Waals surface area contributed by atoms with Gasteiger partial charge in [0, 0.05) is 44.3 Å². The van der Waals surface area contributed by atoms with Crippen molar-refractivity contribution >= 4 is 48.0 Å². The van der Waals surface area contributed by atoms with Gasteiger partial charge in [-0.25, -0.2) is 0 Å². The van der Waals surface area contributed by atoms with Crippen molar-refractivity contribution in [2.45, 2.75) is 83.8 Å². The number of aldehydes is 2. The lowest BCUT2D eigenvalue weighted by Crippen LogP contribution is -2.55. The molecule has 1 aromatic carbocycles. The first-order valence-electron chi connectivity index (χ1n) is 14.4. The van der Waals surface area contributed by atoms with E-state index in [4.69, 9.17) is 14.9 Å². The van der Waals surface area contributed by atoms with Crippen LogP contribution in [0, 0.1) is 11.8 Å². The minimum Gasteiger partial charge on any atom is -0.481 e. The largest absolute Gasteiger partial charge is 0.481 e. The number of ketones is 2. The van der Waals surface area contributed by atoms with E-state index in [9.17, 15) is 38.4 Å². The van der Waals surface area contributed by atoms with Crippen molar-refractivity contribution in [3.8, 4) is 0 Å². The van der Waals surface area contributed by atoms with Gasteiger partial charge in [-0.2, -0.15) is 0 Å². The molecule has 2 heterocycles. The van der Waals surface area contributed by atoms with Crippen LogP contribution in [0.3, 0.4) is 0 Å². The van der Waals surface area contributed by atoms with Gasteiger partial charge in [0.25, 0.3) is 0 Å². The zero-order valence-corrected chi connectivity index (χ0v) is 25.1. The minimum absolute atomic E-state index is 0.0462. The maximum Gasteiger partial charge on any atom is 0.310 e. The molecule has 0 radical (unpaired) electrons. The average Bonchev–Trinajstić information content (AvgIpc) is 2.94. The highest BCUT2D eigenvalue weighted by molar-refractivity contribution is 6.02. The van der Waals surface area contributed by atoms with E-state index in [1.54, 1.807) is 6.92 Å². The second-order valence-corrected chi connectivity index (χ2v) is 10.3. The Morgan fingerprint density at radius 2 is 1.36 bits per heavy atom. The van der Waals surface area contributed by atoms with Crippen LogP contribution < -0.4 is 0 Å². The highest BCUT2D eigenvalue weighted by Crippen LogP contribution is 2.37. The van der Waals surface area contributed by atoms with Gasteiger partial charge in [0.15, 0.2) is 5.78 Å². The van der Waals surface area contributed by atoms with Crippen molar-refractivity contribution in [2.24, 2.45) is 11.8 Å². The summed E-state index contributed by atoms with van der Waals surface area (Å²) in [6, 6.07) is 10.7. The van der Waals surface area contributed by atoms with E-state index >= 15 is 0 Å². The van der Waals surface area contributed by atoms with Crippen LogP contribution in [0.5, 0.6) is 0 Å². The van der Waals surface area contributed by atoms with Crippen LogP contribution in [0.2, 0.25) is 0 Å². The van der Waals surface area contributed by atoms with Gasteiger partial charge in [-0.1, -0.05) is 30.3 Å². The summed E-state index contributed by atoms with van der Waals surface area (Å²) in [4.78, 5) is 87.4. The summed E-state index contributed by atoms with van der Waals surface area (Å²) in [6.07, 6.45) is 2.53. The Morgan fingerprint density at radius 3 is 1.80 bits per heavy atom. The smallest absolute Gasteiger partial charge is 0.310 e. The van der Waals surface area contributed by atoms with E-state index in [2.05, 4.69) is 21.8 Å². The lowest BCUT2D eigenvalue weighted by molar-refractivity contribution is -0.154. The van der Waals surface area contributed by atoms with Gasteiger partial charge in [0.2, 0.25) is 0 Å². The number of Topliss-reactive ketones (excluding diaryl/α,β-unsaturated/α-hetero) is 2. The number of rotatable bonds is 14. The Kier molecular flexibility index (Phi) is 17.7. The molecular weight excluding hydrogens is 578 g/mol. The second-order valence-electron chi connectivity index (χ2n) is 10.3. The third-order valence-corrected chi connectivity index (χ3v) is 6.88. The van der Waals surface area contributed by atoms with E-state index in [-0.39, 0.29) is 43.4 Å². The summed E-state index contributed by atoms with van der Waals surface area (Å²) < 4.78 is 9.84. The molecule has 2 fully saturated rings. The standard InChI is InChI=1S/C18H23NO3.C8H12O4.C5H6O5/c1-2-22-18(21)14-8-15-10-17(20)11-16(9-14)19(15)12-13-6-4-3-5-7-13;1-2-12-8(11)7(3-5-9)4-6-10;6-3(1-4(7)8)2-5(9)10/h3-7,14-16H,2,8-12H2,1H3;5-7H,2-4H2,1H3;1-2H2,(H,7,8)(H,9,10). The predicted molar refractivity (Wildman–Crippen MR) is 154 cm³/mol. The molecule has 0 spiro atoms. The molecule has 242 valence electrons. The summed E-state index contributed by atoms with van der Waals surface area (Å²) in [7, 11) is 0. The van der Waals surface area contributed by atoms with Crippen molar-refractivity contribution in [3.05, 3.63) is 35.9 Å². The molecule has 0 amide bonds. The summed E-state index contributed by atoms with van der Waals surface area (Å²) in [5, 5.41) is 16.0. The number of piperidine rings is 2. The Bertz CT molecular complexity index is 1090. The highest BCUT2D eigenvalue weighted by Gasteiger charge is 2.43. The Hall–Kier alpha value is -4.26. The summed E-state index contributed by atoms with van der Waals surface area (Å²) in [5.74, 6) is -4.27. The molecule has 0 aliphatic carbocycles. The molecule has 2 bridgehead atoms. The Morgan fingerprint density at radius 1 is 0.864 bits per heavy atom. The van der Waals surface area contributed by atoms with Crippen LogP contribution in [0.4, 0.5) is 0 Å². The molecule has 1 aromatic rings. The summed E-state index contributed by atoms with van der Waals surface area (Å²) in [6.45, 7) is 5.08. The molecule has 44 heavy (non-hydrogen) atoms. The van der Waals surface area contributed by atoms with Gasteiger partial charge >= 0.3 is 23.9 Å². The molecule has 2 aliphatic rings. The highest BCUT2D eigenvalue weighted by atomic mass is 16.5. The quantitative estimate of drug-likeness (QED) is 0.175. The number of nitrogens with zero attached hydrogens (tertiary/aromatic N) is 1. The Balaban J connectivity index is 0.000000374. The third kappa shape index (κ3) is 14.3. The number of carboxylic acid groups (broad SMARTS) is 2. The minimum atomic E-state index is -1.30. The number of esters is 2. The number of carboxylic acids is 2. The number of hydrogen-bond donors (Lipinski definition) is 2. The van der Waals surface area contributed by atoms with Gasteiger partial charge in [-0.15, -0.1) is 0 Å². The van der Waals surface area contributed by atoms with Crippen LogP contribution in [0.15, 0.2) is 30.3 Å². The number of hydrogen-bond acceptors (Lipinski definition) is 11. The summed E-state index contributed by atoms with van der Waals surface area (Å²) in [5.41, 5.74) is 1.27. The van der Waals surface area contributed by atoms with Gasteiger partial charge in [0.1, 0.15) is 31.2 Å². The average molecular weight is 620 g/mol. The van der Waals surface area contributed by atoms with Gasteiger partial charge in [-0.05, 0) is 32.3 Å². The number of carbonyl (C=O) groups is 8. The molecule has 0 aromatic heterocycles. The van der Waals surface area contributed by atoms with E-state index < -0.39 is 42.5 Å². The topological polar surface area (TPSA) is 199 Å². The van der Waals surface area contributed by atoms with Crippen molar-refractivity contribution in [1.82, 2.24) is 4.90 Å². The lowest BCUT2D eigenvalue weighted by Gasteiger charge is -2.47. The number of aliphatic carboxylic acids is 2. The summed E-state index contributed by atoms with van der Waals surface area (Å²) >= 11 is 0. The fourth-order valence-electron chi connectivity index (χ4n) is 5.02. The molecule has 0 saturated carbocycles. The van der Waals surface area contributed by atoms with Crippen molar-refractivity contribution in [2.75, 3.05) is 13.2 Å². The molecular formula is C31H41NO12. The van der Waals surface area contributed by atoms with E-state index in [1.165, 1.54) is 5.56 Å². The number of fused-ring (bicyclic) bond motifs is 2. The van der Waals surface area contributed by atoms with E-state index in [0.717, 1.165) is 19.4 Å². The Labute approximate surface area is 255 Å². The van der Waals surface area contributed by atoms with Crippen LogP contribution in [-0.4, -0.2) is 88.4 Å². The normalized spacial score (nSPS) is 18.8. The van der Waals surface area contributed by atoms with Crippen LogP contribution in [0.25, 0.3) is 0 Å². The first kappa shape index (κ1) is 37.8. The fraction of sp³-hybridized carbons (Fsp3) is 0.548. The molecule has 3 rings (SSSR count). The van der Waals surface area contributed by atoms with Gasteiger partial charge < -0.3 is 29.3 Å². The first-order chi connectivity index (χ1) is 20.9. The zero-order valence-electron chi connectivity index (χ0n) is 25.1. The number of ether oxygens (including phenoxy) is 2. The lowest BCUT2D eigenvalue weighted by atomic mass is 9.77. The molecule has 13 heteroatoms. The number of carbonyl (C=O) groups excluding carboxylic acids is 6. The number of benzene rings is 1. The SMILES string of the molecule is CCOC(=O)C(CC=O)CC=O.CCOC(=O)C1CC2CC(=O)CC(C1)N2Cc1ccccc1.O=C(O)CC(=O)CC(=O)O. The maximum absolute atomic E-state index is 12.1. The zero-order chi connectivity index (χ0) is 33.1. The van der Waals surface area contributed by atoms with E-state index in [0.29, 0.717) is 37.8 Å². The van der Waals surface area contributed by atoms with Crippen LogP contribution >= 0.6 is 0 Å². The van der Waals surface area contributed by atoms with Crippen LogP contribution in [-0.2, 0) is 54.4 Å². The fourth-order valence-corrected chi connectivity index (χ4v) is 5.02. The first-order valence-corrected chi connectivity index (χ1v) is 14.4. The maximum atomic E-state index is 12.1. The molecule has 2 atom stereocenters. The van der Waals surface area contributed by atoms with Gasteiger partial charge in [-0.3, -0.25) is 33.7 Å². The third-order valence-electron chi connectivity index (χ3n) is 6.88. The van der Waals surface area contributed by atoms with Crippen molar-refractivity contribution in [3.63, 3.8) is 0 Å². The molecule has 2 aliphatic heterocycles. The molecule has 2 saturated heterocycles. The van der Waals surface area contributed by atoms with Crippen LogP contribution in [0.1, 0.15) is 70.8 Å². The molecule has 13 nitrogen and oxygen atoms in total. The predicted octanol–water partition coefficient (Wildman–Crippen LogP) is 2.41. The van der Waals surface area contributed by atoms with Crippen molar-refractivity contribution < 1.29 is 58.0 Å². The van der Waals surface area contributed by atoms with E-state index in [1.807, 2.05) is 25.1 Å². The van der Waals surface area contributed by atoms with Crippen molar-refractivity contribution in [1.29, 1.82) is 0 Å². The second kappa shape index (κ2) is 20.6. The molecule has 2 N–H and O–H groups in total.